The van der Waals surface area contributed by atoms with Gasteiger partial charge in [-0.1, -0.05) is 6.92 Å². The van der Waals surface area contributed by atoms with Gasteiger partial charge in [-0.2, -0.15) is 5.10 Å². The van der Waals surface area contributed by atoms with Crippen LogP contribution in [0.15, 0.2) is 17.3 Å². The average Bonchev–Trinajstić information content (AvgIpc) is 2.90. The summed E-state index contributed by atoms with van der Waals surface area (Å²) in [6.07, 6.45) is 4.03. The number of sulfonamides is 1. The van der Waals surface area contributed by atoms with Gasteiger partial charge in [0.1, 0.15) is 4.90 Å². The van der Waals surface area contributed by atoms with Crippen LogP contribution in [0.2, 0.25) is 0 Å². The molecule has 0 bridgehead atoms. The zero-order valence-electron chi connectivity index (χ0n) is 13.3. The first kappa shape index (κ1) is 18.1. The summed E-state index contributed by atoms with van der Waals surface area (Å²) in [7, 11) is 0.350. The standard InChI is InChI=1S/C13H27N5O2S/c1-5-6-14-7-8-18-11-13(10-15-18)21(19,20)16-9-12(2)17(3)4/h10-12,14,16H,5-9H2,1-4H3. The molecule has 1 aromatic heterocycles. The molecular weight excluding hydrogens is 290 g/mol. The largest absolute Gasteiger partial charge is 0.315 e. The Morgan fingerprint density at radius 3 is 2.71 bits per heavy atom. The second-order valence-electron chi connectivity index (χ2n) is 5.35. The van der Waals surface area contributed by atoms with E-state index in [1.165, 1.54) is 6.20 Å². The quantitative estimate of drug-likeness (QED) is 0.599. The van der Waals surface area contributed by atoms with Crippen molar-refractivity contribution in [3.05, 3.63) is 12.4 Å². The molecule has 1 atom stereocenters. The highest BCUT2D eigenvalue weighted by molar-refractivity contribution is 7.89. The maximum absolute atomic E-state index is 12.2. The van der Waals surface area contributed by atoms with Crippen LogP contribution in [0.4, 0.5) is 0 Å². The number of aromatic nitrogens is 2. The summed E-state index contributed by atoms with van der Waals surface area (Å²) in [5.74, 6) is 0. The molecule has 1 heterocycles. The highest BCUT2D eigenvalue weighted by Crippen LogP contribution is 2.07. The third-order valence-corrected chi connectivity index (χ3v) is 4.69. The highest BCUT2D eigenvalue weighted by Gasteiger charge is 2.17. The SMILES string of the molecule is CCCNCCn1cc(S(=O)(=O)NCC(C)N(C)C)cn1. The predicted molar refractivity (Wildman–Crippen MR) is 83.7 cm³/mol. The lowest BCUT2D eigenvalue weighted by Crippen LogP contribution is -2.38. The Balaban J connectivity index is 2.53. The van der Waals surface area contributed by atoms with E-state index in [1.807, 2.05) is 25.9 Å². The number of likely N-dealkylation sites (N-methyl/N-ethyl adjacent to an activating group) is 1. The molecule has 0 aliphatic rings. The van der Waals surface area contributed by atoms with E-state index in [0.717, 1.165) is 19.5 Å². The fraction of sp³-hybridized carbons (Fsp3) is 0.769. The summed E-state index contributed by atoms with van der Waals surface area (Å²) < 4.78 is 28.6. The normalized spacial score (nSPS) is 13.8. The monoisotopic (exact) mass is 317 g/mol. The summed E-state index contributed by atoms with van der Waals surface area (Å²) in [4.78, 5) is 2.18. The van der Waals surface area contributed by atoms with Crippen molar-refractivity contribution in [1.29, 1.82) is 0 Å². The van der Waals surface area contributed by atoms with Crippen LogP contribution in [0.5, 0.6) is 0 Å². The van der Waals surface area contributed by atoms with E-state index in [-0.39, 0.29) is 10.9 Å². The van der Waals surface area contributed by atoms with Gasteiger partial charge >= 0.3 is 0 Å². The van der Waals surface area contributed by atoms with Crippen molar-refractivity contribution in [1.82, 2.24) is 24.7 Å². The Labute approximate surface area is 127 Å². The van der Waals surface area contributed by atoms with Crippen molar-refractivity contribution in [2.75, 3.05) is 33.7 Å². The molecule has 0 aromatic carbocycles. The maximum atomic E-state index is 12.2. The van der Waals surface area contributed by atoms with Crippen molar-refractivity contribution >= 4 is 10.0 Å². The number of nitrogens with zero attached hydrogens (tertiary/aromatic N) is 3. The Morgan fingerprint density at radius 2 is 2.10 bits per heavy atom. The predicted octanol–water partition coefficient (Wildman–Crippen LogP) is 0.111. The van der Waals surface area contributed by atoms with Gasteiger partial charge in [-0.25, -0.2) is 13.1 Å². The second-order valence-corrected chi connectivity index (χ2v) is 7.12. The first-order valence-electron chi connectivity index (χ1n) is 7.26. The number of hydrogen-bond donors (Lipinski definition) is 2. The van der Waals surface area contributed by atoms with E-state index in [2.05, 4.69) is 22.1 Å². The third kappa shape index (κ3) is 6.13. The number of hydrogen-bond acceptors (Lipinski definition) is 5. The summed E-state index contributed by atoms with van der Waals surface area (Å²) in [5.41, 5.74) is 0. The fourth-order valence-corrected chi connectivity index (χ4v) is 2.67. The van der Waals surface area contributed by atoms with Gasteiger partial charge in [-0.3, -0.25) is 4.68 Å². The van der Waals surface area contributed by atoms with Gasteiger partial charge in [0.05, 0.1) is 12.7 Å². The van der Waals surface area contributed by atoms with Gasteiger partial charge in [0.15, 0.2) is 0 Å². The molecule has 1 unspecified atom stereocenters. The molecule has 0 amide bonds. The van der Waals surface area contributed by atoms with E-state index in [9.17, 15) is 8.42 Å². The van der Waals surface area contributed by atoms with E-state index in [0.29, 0.717) is 13.1 Å². The van der Waals surface area contributed by atoms with Gasteiger partial charge in [0.25, 0.3) is 0 Å². The van der Waals surface area contributed by atoms with Gasteiger partial charge in [0, 0.05) is 25.3 Å². The molecule has 8 heteroatoms. The third-order valence-electron chi connectivity index (χ3n) is 3.31. The van der Waals surface area contributed by atoms with Gasteiger partial charge in [0.2, 0.25) is 10.0 Å². The van der Waals surface area contributed by atoms with Crippen molar-refractivity contribution in [2.45, 2.75) is 37.8 Å². The smallest absolute Gasteiger partial charge is 0.243 e. The van der Waals surface area contributed by atoms with E-state index >= 15 is 0 Å². The van der Waals surface area contributed by atoms with Crippen LogP contribution in [-0.2, 0) is 16.6 Å². The molecule has 0 aliphatic carbocycles. The van der Waals surface area contributed by atoms with Gasteiger partial charge in [-0.15, -0.1) is 0 Å². The van der Waals surface area contributed by atoms with Crippen molar-refractivity contribution < 1.29 is 8.42 Å². The zero-order valence-corrected chi connectivity index (χ0v) is 14.2. The molecule has 0 radical (unpaired) electrons. The lowest BCUT2D eigenvalue weighted by Gasteiger charge is -2.19. The fourth-order valence-electron chi connectivity index (χ4n) is 1.60. The molecule has 0 aliphatic heterocycles. The number of nitrogens with one attached hydrogen (secondary N) is 2. The first-order chi connectivity index (χ1) is 9.86. The molecule has 0 spiro atoms. The van der Waals surface area contributed by atoms with Gasteiger partial charge in [-0.05, 0) is 34.0 Å². The van der Waals surface area contributed by atoms with Gasteiger partial charge < -0.3 is 10.2 Å². The Hall–Kier alpha value is -0.960. The van der Waals surface area contributed by atoms with E-state index in [1.54, 1.807) is 10.9 Å². The molecular formula is C13H27N5O2S. The van der Waals surface area contributed by atoms with Crippen molar-refractivity contribution in [3.8, 4) is 0 Å². The minimum absolute atomic E-state index is 0.132. The topological polar surface area (TPSA) is 79.3 Å². The van der Waals surface area contributed by atoms with Crippen LogP contribution >= 0.6 is 0 Å². The number of rotatable bonds is 10. The molecule has 0 saturated carbocycles. The molecule has 0 saturated heterocycles. The first-order valence-corrected chi connectivity index (χ1v) is 8.74. The molecule has 2 N–H and O–H groups in total. The van der Waals surface area contributed by atoms with Crippen LogP contribution < -0.4 is 10.0 Å². The van der Waals surface area contributed by atoms with Crippen LogP contribution in [-0.4, -0.2) is 62.9 Å². The summed E-state index contributed by atoms with van der Waals surface area (Å²) >= 11 is 0. The van der Waals surface area contributed by atoms with Crippen LogP contribution in [0.3, 0.4) is 0 Å². The van der Waals surface area contributed by atoms with E-state index < -0.39 is 10.0 Å². The molecule has 7 nitrogen and oxygen atoms in total. The van der Waals surface area contributed by atoms with E-state index in [4.69, 9.17) is 0 Å². The molecule has 21 heavy (non-hydrogen) atoms. The second kappa shape index (κ2) is 8.47. The summed E-state index contributed by atoms with van der Waals surface area (Å²) in [6.45, 7) is 6.83. The lowest BCUT2D eigenvalue weighted by atomic mass is 10.3. The lowest BCUT2D eigenvalue weighted by molar-refractivity contribution is 0.314. The zero-order chi connectivity index (χ0) is 15.9. The Morgan fingerprint density at radius 1 is 1.38 bits per heavy atom. The molecule has 1 rings (SSSR count). The highest BCUT2D eigenvalue weighted by atomic mass is 32.2. The molecule has 122 valence electrons. The van der Waals surface area contributed by atoms with Crippen LogP contribution in [0, 0.1) is 0 Å². The minimum atomic E-state index is -3.48. The molecule has 1 aromatic rings. The van der Waals surface area contributed by atoms with Crippen LogP contribution in [0.25, 0.3) is 0 Å². The Kier molecular flexibility index (Phi) is 7.30. The Bertz CT molecular complexity index is 512. The minimum Gasteiger partial charge on any atom is -0.315 e. The average molecular weight is 317 g/mol. The van der Waals surface area contributed by atoms with Crippen LogP contribution in [0.1, 0.15) is 20.3 Å². The maximum Gasteiger partial charge on any atom is 0.243 e. The van der Waals surface area contributed by atoms with Crippen molar-refractivity contribution in [3.63, 3.8) is 0 Å². The summed E-state index contributed by atoms with van der Waals surface area (Å²) in [6, 6.07) is 0.132. The molecule has 0 fully saturated rings. The van der Waals surface area contributed by atoms with Crippen molar-refractivity contribution in [2.24, 2.45) is 0 Å². The summed E-state index contributed by atoms with van der Waals surface area (Å²) in [5, 5.41) is 7.34.